The molecule has 3 rings (SSSR count). The van der Waals surface area contributed by atoms with Gasteiger partial charge in [-0.1, -0.05) is 12.5 Å². The van der Waals surface area contributed by atoms with Crippen LogP contribution in [0.25, 0.3) is 0 Å². The van der Waals surface area contributed by atoms with Gasteiger partial charge in [0.25, 0.3) is 0 Å². The van der Waals surface area contributed by atoms with Crippen LogP contribution in [0.1, 0.15) is 43.4 Å². The minimum Gasteiger partial charge on any atom is -0.493 e. The largest absolute Gasteiger partial charge is 0.493 e. The molecule has 0 radical (unpaired) electrons. The van der Waals surface area contributed by atoms with Crippen LogP contribution >= 0.6 is 0 Å². The van der Waals surface area contributed by atoms with E-state index in [0.29, 0.717) is 6.54 Å². The predicted octanol–water partition coefficient (Wildman–Crippen LogP) is 2.66. The van der Waals surface area contributed by atoms with Gasteiger partial charge in [-0.3, -0.25) is 0 Å². The van der Waals surface area contributed by atoms with Crippen LogP contribution in [0.4, 0.5) is 0 Å². The lowest BCUT2D eigenvalue weighted by Crippen LogP contribution is -2.40. The molecule has 0 unspecified atom stereocenters. The van der Waals surface area contributed by atoms with Crippen molar-refractivity contribution in [1.29, 1.82) is 0 Å². The van der Waals surface area contributed by atoms with Gasteiger partial charge in [0.05, 0.1) is 14.2 Å². The van der Waals surface area contributed by atoms with Crippen LogP contribution in [0.3, 0.4) is 0 Å². The lowest BCUT2D eigenvalue weighted by atomic mass is 10.1. The van der Waals surface area contributed by atoms with E-state index < -0.39 is 0 Å². The highest BCUT2D eigenvalue weighted by Gasteiger charge is 2.15. The Balaban J connectivity index is 1.65. The summed E-state index contributed by atoms with van der Waals surface area (Å²) in [6.07, 6.45) is 5.53. The third-order valence-electron chi connectivity index (χ3n) is 5.44. The second-order valence-corrected chi connectivity index (χ2v) is 7.53. The van der Waals surface area contributed by atoms with Gasteiger partial charge in [-0.25, -0.2) is 4.99 Å². The number of methoxy groups -OCH3 is 2. The first-order valence-electron chi connectivity index (χ1n) is 10.8. The van der Waals surface area contributed by atoms with Crippen molar-refractivity contribution in [3.63, 3.8) is 0 Å². The van der Waals surface area contributed by atoms with E-state index in [0.717, 1.165) is 61.6 Å². The Morgan fingerprint density at radius 2 is 2.00 bits per heavy atom. The minimum absolute atomic E-state index is 0.538. The van der Waals surface area contributed by atoms with E-state index in [1.165, 1.54) is 24.8 Å². The van der Waals surface area contributed by atoms with Gasteiger partial charge >= 0.3 is 0 Å². The Morgan fingerprint density at radius 1 is 1.17 bits per heavy atom. The molecule has 2 heterocycles. The van der Waals surface area contributed by atoms with E-state index in [1.807, 2.05) is 12.1 Å². The molecule has 0 fully saturated rings. The zero-order chi connectivity index (χ0) is 21.3. The number of aromatic nitrogens is 3. The van der Waals surface area contributed by atoms with Crippen molar-refractivity contribution in [1.82, 2.24) is 25.0 Å². The first-order chi connectivity index (χ1) is 14.7. The van der Waals surface area contributed by atoms with Crippen molar-refractivity contribution in [3.8, 4) is 11.5 Å². The number of aliphatic imine (C=N–C) groups is 1. The highest BCUT2D eigenvalue weighted by molar-refractivity contribution is 5.79. The molecule has 164 valence electrons. The minimum atomic E-state index is 0.538. The highest BCUT2D eigenvalue weighted by Crippen LogP contribution is 2.27. The number of hydrogen-bond donors (Lipinski definition) is 1. The van der Waals surface area contributed by atoms with Crippen LogP contribution in [-0.2, 0) is 25.9 Å². The quantitative estimate of drug-likeness (QED) is 0.529. The topological polar surface area (TPSA) is 76.8 Å². The molecule has 0 amide bonds. The Morgan fingerprint density at radius 3 is 2.77 bits per heavy atom. The summed E-state index contributed by atoms with van der Waals surface area (Å²) >= 11 is 0. The number of benzene rings is 1. The van der Waals surface area contributed by atoms with E-state index in [4.69, 9.17) is 14.5 Å². The maximum Gasteiger partial charge on any atom is 0.194 e. The molecule has 0 saturated carbocycles. The number of nitrogens with one attached hydrogen (secondary N) is 1. The second kappa shape index (κ2) is 10.8. The molecule has 2 aromatic rings. The van der Waals surface area contributed by atoms with Crippen LogP contribution < -0.4 is 14.8 Å². The number of rotatable bonds is 8. The van der Waals surface area contributed by atoms with Gasteiger partial charge in [-0.05, 0) is 43.9 Å². The SMILES string of the molecule is CCNC(=NCc1nnc2n1CCCCC2)N(C)CCc1ccc(OC)c(OC)c1. The zero-order valence-corrected chi connectivity index (χ0v) is 18.6. The molecule has 1 aliphatic heterocycles. The predicted molar refractivity (Wildman–Crippen MR) is 118 cm³/mol. The molecular formula is C22H34N6O2. The Hall–Kier alpha value is -2.77. The summed E-state index contributed by atoms with van der Waals surface area (Å²) in [5, 5.41) is 12.2. The van der Waals surface area contributed by atoms with Crippen molar-refractivity contribution in [3.05, 3.63) is 35.4 Å². The normalized spacial score (nSPS) is 14.1. The number of ether oxygens (including phenoxy) is 2. The van der Waals surface area contributed by atoms with Crippen molar-refractivity contribution < 1.29 is 9.47 Å². The van der Waals surface area contributed by atoms with E-state index >= 15 is 0 Å². The summed E-state index contributed by atoms with van der Waals surface area (Å²) < 4.78 is 13.0. The number of hydrogen-bond acceptors (Lipinski definition) is 5. The third kappa shape index (κ3) is 5.43. The monoisotopic (exact) mass is 414 g/mol. The molecule has 0 atom stereocenters. The van der Waals surface area contributed by atoms with E-state index in [9.17, 15) is 0 Å². The number of guanidine groups is 1. The lowest BCUT2D eigenvalue weighted by Gasteiger charge is -2.22. The fourth-order valence-corrected chi connectivity index (χ4v) is 3.72. The summed E-state index contributed by atoms with van der Waals surface area (Å²) in [5.74, 6) is 4.44. The summed E-state index contributed by atoms with van der Waals surface area (Å²) in [5.41, 5.74) is 1.19. The van der Waals surface area contributed by atoms with Gasteiger partial charge in [-0.2, -0.15) is 0 Å². The zero-order valence-electron chi connectivity index (χ0n) is 18.6. The first kappa shape index (κ1) is 21.9. The fraction of sp³-hybridized carbons (Fsp3) is 0.591. The van der Waals surface area contributed by atoms with Gasteiger partial charge in [0, 0.05) is 33.1 Å². The Bertz CT molecular complexity index is 848. The fourth-order valence-electron chi connectivity index (χ4n) is 3.72. The Labute approximate surface area is 179 Å². The molecular weight excluding hydrogens is 380 g/mol. The lowest BCUT2D eigenvalue weighted by molar-refractivity contribution is 0.354. The molecule has 0 bridgehead atoms. The number of likely N-dealkylation sites (N-methyl/N-ethyl adjacent to an activating group) is 1. The van der Waals surface area contributed by atoms with Gasteiger partial charge in [0.15, 0.2) is 23.3 Å². The molecule has 0 saturated heterocycles. The maximum atomic E-state index is 5.41. The summed E-state index contributed by atoms with van der Waals surface area (Å²) in [6.45, 7) is 5.27. The van der Waals surface area contributed by atoms with Crippen molar-refractivity contribution in [2.75, 3.05) is 34.4 Å². The van der Waals surface area contributed by atoms with Gasteiger partial charge < -0.3 is 24.3 Å². The number of nitrogens with zero attached hydrogens (tertiary/aromatic N) is 5. The molecule has 1 aromatic carbocycles. The number of fused-ring (bicyclic) bond motifs is 1. The highest BCUT2D eigenvalue weighted by atomic mass is 16.5. The van der Waals surface area contributed by atoms with Crippen molar-refractivity contribution in [2.45, 2.75) is 52.1 Å². The first-order valence-corrected chi connectivity index (χ1v) is 10.8. The third-order valence-corrected chi connectivity index (χ3v) is 5.44. The van der Waals surface area contributed by atoms with Crippen LogP contribution in [0.5, 0.6) is 11.5 Å². The number of aryl methyl sites for hydroxylation is 1. The van der Waals surface area contributed by atoms with Gasteiger partial charge in [0.2, 0.25) is 0 Å². The molecule has 1 N–H and O–H groups in total. The summed E-state index contributed by atoms with van der Waals surface area (Å²) in [4.78, 5) is 6.98. The van der Waals surface area contributed by atoms with E-state index in [2.05, 4.69) is 45.0 Å². The Kier molecular flexibility index (Phi) is 7.93. The van der Waals surface area contributed by atoms with Crippen molar-refractivity contribution >= 4 is 5.96 Å². The average molecular weight is 415 g/mol. The summed E-state index contributed by atoms with van der Waals surface area (Å²) in [6, 6.07) is 6.05. The molecule has 8 heteroatoms. The molecule has 1 aromatic heterocycles. The van der Waals surface area contributed by atoms with Crippen molar-refractivity contribution in [2.24, 2.45) is 4.99 Å². The second-order valence-electron chi connectivity index (χ2n) is 7.53. The standard InChI is InChI=1S/C22H34N6O2/c1-5-23-22(24-16-21-26-25-20-9-7-6-8-13-28(20)21)27(2)14-12-17-10-11-18(29-3)19(15-17)30-4/h10-11,15H,5-9,12-14,16H2,1-4H3,(H,23,24). The van der Waals surface area contributed by atoms with Crippen LogP contribution in [-0.4, -0.2) is 60.0 Å². The molecule has 0 aliphatic carbocycles. The van der Waals surface area contributed by atoms with Crippen LogP contribution in [0.15, 0.2) is 23.2 Å². The average Bonchev–Trinajstić information content (AvgIpc) is 3.00. The molecule has 30 heavy (non-hydrogen) atoms. The molecule has 1 aliphatic rings. The van der Waals surface area contributed by atoms with Gasteiger partial charge in [-0.15, -0.1) is 10.2 Å². The smallest absolute Gasteiger partial charge is 0.194 e. The van der Waals surface area contributed by atoms with Gasteiger partial charge in [0.1, 0.15) is 12.4 Å². The summed E-state index contributed by atoms with van der Waals surface area (Å²) in [7, 11) is 5.38. The maximum absolute atomic E-state index is 5.41. The van der Waals surface area contributed by atoms with Crippen LogP contribution in [0, 0.1) is 0 Å². The van der Waals surface area contributed by atoms with Crippen LogP contribution in [0.2, 0.25) is 0 Å². The van der Waals surface area contributed by atoms with E-state index in [-0.39, 0.29) is 0 Å². The molecule has 0 spiro atoms. The van der Waals surface area contributed by atoms with E-state index in [1.54, 1.807) is 14.2 Å². The molecule has 8 nitrogen and oxygen atoms in total.